The second-order valence-electron chi connectivity index (χ2n) is 7.04. The Labute approximate surface area is 150 Å². The molecule has 140 valence electrons. The minimum Gasteiger partial charge on any atom is -0.469 e. The molecule has 0 aliphatic rings. The van der Waals surface area contributed by atoms with Crippen LogP contribution in [-0.2, 0) is 14.3 Å². The molecule has 0 heterocycles. The van der Waals surface area contributed by atoms with E-state index in [1.165, 1.54) is 7.11 Å². The summed E-state index contributed by atoms with van der Waals surface area (Å²) < 4.78 is 9.78. The maximum atomic E-state index is 11.7. The fourth-order valence-corrected chi connectivity index (χ4v) is 1.42. The average molecular weight is 350 g/mol. The molecule has 0 aliphatic heterocycles. The van der Waals surface area contributed by atoms with Gasteiger partial charge in [-0.3, -0.25) is 14.4 Å². The summed E-state index contributed by atoms with van der Waals surface area (Å²) in [6.45, 7) is 11.3. The number of benzene rings is 1. The summed E-state index contributed by atoms with van der Waals surface area (Å²) in [5.41, 5.74) is -0.229. The van der Waals surface area contributed by atoms with Crippen LogP contribution in [0.5, 0.6) is 5.75 Å². The molecule has 0 amide bonds. The van der Waals surface area contributed by atoms with Gasteiger partial charge in [0.15, 0.2) is 0 Å². The van der Waals surface area contributed by atoms with Crippen LogP contribution in [0.2, 0.25) is 0 Å². The highest BCUT2D eigenvalue weighted by Gasteiger charge is 2.27. The van der Waals surface area contributed by atoms with E-state index >= 15 is 0 Å². The van der Waals surface area contributed by atoms with Gasteiger partial charge in [0.1, 0.15) is 12.0 Å². The van der Waals surface area contributed by atoms with Crippen molar-refractivity contribution in [2.24, 2.45) is 10.8 Å². The van der Waals surface area contributed by atoms with Gasteiger partial charge in [0, 0.05) is 5.56 Å². The lowest BCUT2D eigenvalue weighted by Gasteiger charge is -2.19. The van der Waals surface area contributed by atoms with E-state index in [1.54, 1.807) is 24.3 Å². The maximum Gasteiger partial charge on any atom is 0.316 e. The van der Waals surface area contributed by atoms with E-state index in [1.807, 2.05) is 41.5 Å². The van der Waals surface area contributed by atoms with Crippen LogP contribution in [-0.4, -0.2) is 25.3 Å². The first kappa shape index (κ1) is 22.8. The van der Waals surface area contributed by atoms with Gasteiger partial charge in [-0.25, -0.2) is 0 Å². The van der Waals surface area contributed by atoms with E-state index in [0.29, 0.717) is 11.3 Å². The number of rotatable bonds is 6. The Bertz CT molecular complexity index is 570. The van der Waals surface area contributed by atoms with Gasteiger partial charge in [-0.15, -0.1) is 0 Å². The van der Waals surface area contributed by atoms with Crippen molar-refractivity contribution in [1.29, 1.82) is 0 Å². The lowest BCUT2D eigenvalue weighted by Crippen LogP contribution is -2.28. The van der Waals surface area contributed by atoms with E-state index in [2.05, 4.69) is 4.74 Å². The molecule has 0 aromatic heterocycles. The van der Waals surface area contributed by atoms with Crippen LogP contribution in [0.1, 0.15) is 64.7 Å². The van der Waals surface area contributed by atoms with Crippen molar-refractivity contribution in [2.75, 3.05) is 7.11 Å². The van der Waals surface area contributed by atoms with Crippen LogP contribution in [0.3, 0.4) is 0 Å². The zero-order valence-electron chi connectivity index (χ0n) is 16.3. The quantitative estimate of drug-likeness (QED) is 0.431. The predicted octanol–water partition coefficient (Wildman–Crippen LogP) is 4.44. The highest BCUT2D eigenvalue weighted by atomic mass is 16.5. The summed E-state index contributed by atoms with van der Waals surface area (Å²) in [5, 5.41) is 0. The average Bonchev–Trinajstić information content (AvgIpc) is 2.61. The van der Waals surface area contributed by atoms with Crippen LogP contribution in [0.15, 0.2) is 24.3 Å². The number of carbonyl (C=O) groups is 3. The van der Waals surface area contributed by atoms with Crippen molar-refractivity contribution < 1.29 is 23.9 Å². The number of carbonyl (C=O) groups excluding carboxylic acids is 3. The molecule has 0 aliphatic carbocycles. The minimum atomic E-state index is -0.483. The van der Waals surface area contributed by atoms with Crippen LogP contribution >= 0.6 is 0 Å². The lowest BCUT2D eigenvalue weighted by atomic mass is 9.91. The molecule has 0 fully saturated rings. The molecule has 0 unspecified atom stereocenters. The molecule has 0 saturated heterocycles. The van der Waals surface area contributed by atoms with E-state index in [9.17, 15) is 14.4 Å². The Balaban J connectivity index is 0.000000547. The van der Waals surface area contributed by atoms with Crippen molar-refractivity contribution >= 4 is 18.2 Å². The fourth-order valence-electron chi connectivity index (χ4n) is 1.42. The molecule has 0 radical (unpaired) electrons. The van der Waals surface area contributed by atoms with Crippen molar-refractivity contribution in [1.82, 2.24) is 0 Å². The standard InChI is InChI=1S/C13H16O3.C7H14O2/c1-4-13(2,3)12(15)16-11-7-5-10(9-14)6-8-11;1-5-7(2,3)6(8)9-4/h5-9H,4H2,1-3H3;5H2,1-4H3. The van der Waals surface area contributed by atoms with Gasteiger partial charge < -0.3 is 9.47 Å². The van der Waals surface area contributed by atoms with Gasteiger partial charge in [0.05, 0.1) is 17.9 Å². The van der Waals surface area contributed by atoms with E-state index in [4.69, 9.17) is 4.74 Å². The number of methoxy groups -OCH3 is 1. The van der Waals surface area contributed by atoms with Crippen molar-refractivity contribution in [3.8, 4) is 5.75 Å². The van der Waals surface area contributed by atoms with E-state index in [-0.39, 0.29) is 17.4 Å². The first-order valence-electron chi connectivity index (χ1n) is 8.40. The second-order valence-corrected chi connectivity index (χ2v) is 7.04. The Morgan fingerprint density at radius 3 is 1.68 bits per heavy atom. The third-order valence-electron chi connectivity index (χ3n) is 4.29. The van der Waals surface area contributed by atoms with E-state index in [0.717, 1.165) is 19.1 Å². The molecule has 5 nitrogen and oxygen atoms in total. The maximum absolute atomic E-state index is 11.7. The number of esters is 2. The molecular formula is C20H30O5. The molecule has 0 atom stereocenters. The van der Waals surface area contributed by atoms with Crippen molar-refractivity contribution in [3.05, 3.63) is 29.8 Å². The molecule has 1 rings (SSSR count). The monoisotopic (exact) mass is 350 g/mol. The Hall–Kier alpha value is -2.17. The molecule has 1 aromatic carbocycles. The molecule has 25 heavy (non-hydrogen) atoms. The SMILES string of the molecule is CCC(C)(C)C(=O)OC.CCC(C)(C)C(=O)Oc1ccc(C=O)cc1. The zero-order chi connectivity index (χ0) is 19.7. The number of ether oxygens (including phenoxy) is 2. The molecule has 0 saturated carbocycles. The normalized spacial score (nSPS) is 11.0. The largest absolute Gasteiger partial charge is 0.469 e. The van der Waals surface area contributed by atoms with Crippen LogP contribution in [0.25, 0.3) is 0 Å². The first-order valence-corrected chi connectivity index (χ1v) is 8.40. The summed E-state index contributed by atoms with van der Waals surface area (Å²) in [6.07, 6.45) is 2.29. The number of hydrogen-bond acceptors (Lipinski definition) is 5. The van der Waals surface area contributed by atoms with Gasteiger partial charge in [-0.05, 0) is 64.8 Å². The zero-order valence-corrected chi connectivity index (χ0v) is 16.3. The third kappa shape index (κ3) is 7.50. The lowest BCUT2D eigenvalue weighted by molar-refractivity contribution is -0.150. The summed E-state index contributed by atoms with van der Waals surface area (Å²) in [7, 11) is 1.42. The van der Waals surface area contributed by atoms with E-state index < -0.39 is 5.41 Å². The van der Waals surface area contributed by atoms with Gasteiger partial charge in [0.25, 0.3) is 0 Å². The third-order valence-corrected chi connectivity index (χ3v) is 4.29. The molecule has 5 heteroatoms. The second kappa shape index (κ2) is 9.97. The Kier molecular flexibility index (Phi) is 9.10. The van der Waals surface area contributed by atoms with Gasteiger partial charge in [0.2, 0.25) is 0 Å². The number of hydrogen-bond donors (Lipinski definition) is 0. The molecule has 1 aromatic rings. The predicted molar refractivity (Wildman–Crippen MR) is 97.6 cm³/mol. The molecular weight excluding hydrogens is 320 g/mol. The Morgan fingerprint density at radius 1 is 0.920 bits per heavy atom. The first-order chi connectivity index (χ1) is 11.5. The van der Waals surface area contributed by atoms with Crippen LogP contribution in [0.4, 0.5) is 0 Å². The minimum absolute atomic E-state index is 0.134. The van der Waals surface area contributed by atoms with Crippen LogP contribution in [0, 0.1) is 10.8 Å². The molecule has 0 bridgehead atoms. The summed E-state index contributed by atoms with van der Waals surface area (Å²) in [6, 6.07) is 6.48. The Morgan fingerprint density at radius 2 is 1.36 bits per heavy atom. The van der Waals surface area contributed by atoms with Crippen LogP contribution < -0.4 is 4.74 Å². The van der Waals surface area contributed by atoms with Gasteiger partial charge in [-0.2, -0.15) is 0 Å². The van der Waals surface area contributed by atoms with Crippen molar-refractivity contribution in [2.45, 2.75) is 54.4 Å². The summed E-state index contributed by atoms with van der Waals surface area (Å²) in [5.74, 6) is 0.0796. The summed E-state index contributed by atoms with van der Waals surface area (Å²) >= 11 is 0. The topological polar surface area (TPSA) is 69.7 Å². The highest BCUT2D eigenvalue weighted by Crippen LogP contribution is 2.23. The van der Waals surface area contributed by atoms with Gasteiger partial charge in [-0.1, -0.05) is 13.8 Å². The smallest absolute Gasteiger partial charge is 0.316 e. The molecule has 0 spiro atoms. The van der Waals surface area contributed by atoms with Crippen molar-refractivity contribution in [3.63, 3.8) is 0 Å². The molecule has 0 N–H and O–H groups in total. The van der Waals surface area contributed by atoms with Gasteiger partial charge >= 0.3 is 11.9 Å². The number of aldehydes is 1. The highest BCUT2D eigenvalue weighted by molar-refractivity contribution is 5.79. The fraction of sp³-hybridized carbons (Fsp3) is 0.550. The summed E-state index contributed by atoms with van der Waals surface area (Å²) in [4.78, 5) is 33.0.